The topological polar surface area (TPSA) is 58.2 Å². The summed E-state index contributed by atoms with van der Waals surface area (Å²) in [5.74, 6) is -0.308. The highest BCUT2D eigenvalue weighted by Crippen LogP contribution is 2.15. The second-order valence-corrected chi connectivity index (χ2v) is 6.11. The molecule has 0 radical (unpaired) electrons. The lowest BCUT2D eigenvalue weighted by Crippen LogP contribution is -2.31. The van der Waals surface area contributed by atoms with Gasteiger partial charge in [-0.2, -0.15) is 0 Å². The van der Waals surface area contributed by atoms with Gasteiger partial charge < -0.3 is 10.6 Å². The summed E-state index contributed by atoms with van der Waals surface area (Å²) >= 11 is 0. The molecular formula is C20H24N2O2. The molecule has 0 aliphatic rings. The van der Waals surface area contributed by atoms with Gasteiger partial charge in [0.2, 0.25) is 0 Å². The number of rotatable bonds is 5. The van der Waals surface area contributed by atoms with Crippen molar-refractivity contribution < 1.29 is 9.59 Å². The molecular weight excluding hydrogens is 300 g/mol. The molecule has 0 spiro atoms. The summed E-state index contributed by atoms with van der Waals surface area (Å²) < 4.78 is 0. The summed E-state index contributed by atoms with van der Waals surface area (Å²) in [5, 5.41) is 5.78. The van der Waals surface area contributed by atoms with E-state index in [-0.39, 0.29) is 17.9 Å². The molecule has 0 saturated heterocycles. The second kappa shape index (κ2) is 7.77. The lowest BCUT2D eigenvalue weighted by molar-refractivity contribution is 0.0937. The van der Waals surface area contributed by atoms with Gasteiger partial charge in [-0.15, -0.1) is 0 Å². The zero-order valence-corrected chi connectivity index (χ0v) is 14.6. The second-order valence-electron chi connectivity index (χ2n) is 6.11. The zero-order chi connectivity index (χ0) is 17.7. The molecule has 2 amide bonds. The predicted molar refractivity (Wildman–Crippen MR) is 97.5 cm³/mol. The number of hydrogen-bond acceptors (Lipinski definition) is 2. The molecule has 0 fully saturated rings. The van der Waals surface area contributed by atoms with Crippen molar-refractivity contribution >= 4 is 17.5 Å². The number of carbonyl (C=O) groups excluding carboxylic acids is 2. The van der Waals surface area contributed by atoms with E-state index in [0.29, 0.717) is 11.1 Å². The molecule has 1 atom stereocenters. The van der Waals surface area contributed by atoms with Gasteiger partial charge in [0.15, 0.2) is 0 Å². The molecule has 0 aromatic heterocycles. The Hall–Kier alpha value is -2.62. The average Bonchev–Trinajstić information content (AvgIpc) is 2.58. The number of nitrogens with one attached hydrogen (secondary N) is 2. The fraction of sp³-hybridized carbons (Fsp3) is 0.300. The van der Waals surface area contributed by atoms with Gasteiger partial charge in [-0.05, 0) is 74.7 Å². The van der Waals surface area contributed by atoms with E-state index in [0.717, 1.165) is 17.7 Å². The summed E-state index contributed by atoms with van der Waals surface area (Å²) in [6.45, 7) is 8.02. The third-order valence-corrected chi connectivity index (χ3v) is 4.16. The van der Waals surface area contributed by atoms with Crippen LogP contribution in [0.15, 0.2) is 42.5 Å². The van der Waals surface area contributed by atoms with Crippen LogP contribution in [-0.4, -0.2) is 17.9 Å². The molecule has 2 N–H and O–H groups in total. The van der Waals surface area contributed by atoms with Gasteiger partial charge in [-0.3, -0.25) is 9.59 Å². The molecule has 0 aliphatic heterocycles. The Morgan fingerprint density at radius 3 is 2.04 bits per heavy atom. The minimum atomic E-state index is -0.188. The van der Waals surface area contributed by atoms with Crippen LogP contribution in [0.3, 0.4) is 0 Å². The lowest BCUT2D eigenvalue weighted by atomic mass is 10.1. The summed E-state index contributed by atoms with van der Waals surface area (Å²) in [7, 11) is 0. The minimum Gasteiger partial charge on any atom is -0.350 e. The Morgan fingerprint density at radius 2 is 1.50 bits per heavy atom. The van der Waals surface area contributed by atoms with E-state index in [1.807, 2.05) is 45.9 Å². The van der Waals surface area contributed by atoms with E-state index in [2.05, 4.69) is 10.6 Å². The van der Waals surface area contributed by atoms with Crippen LogP contribution in [0.1, 0.15) is 52.1 Å². The molecule has 4 nitrogen and oxygen atoms in total. The van der Waals surface area contributed by atoms with Crippen molar-refractivity contribution in [3.05, 3.63) is 64.7 Å². The van der Waals surface area contributed by atoms with Gasteiger partial charge in [-0.25, -0.2) is 0 Å². The van der Waals surface area contributed by atoms with Crippen LogP contribution in [0.4, 0.5) is 5.69 Å². The molecule has 2 rings (SSSR count). The number of carbonyl (C=O) groups is 2. The lowest BCUT2D eigenvalue weighted by Gasteiger charge is -2.12. The van der Waals surface area contributed by atoms with E-state index >= 15 is 0 Å². The molecule has 24 heavy (non-hydrogen) atoms. The molecule has 0 aliphatic carbocycles. The van der Waals surface area contributed by atoms with Crippen molar-refractivity contribution in [1.82, 2.24) is 5.32 Å². The molecule has 4 heteroatoms. The third-order valence-electron chi connectivity index (χ3n) is 4.16. The molecule has 126 valence electrons. The van der Waals surface area contributed by atoms with Crippen LogP contribution in [0, 0.1) is 13.8 Å². The normalized spacial score (nSPS) is 11.7. The fourth-order valence-electron chi connectivity index (χ4n) is 2.20. The maximum atomic E-state index is 12.3. The Balaban J connectivity index is 2.05. The zero-order valence-electron chi connectivity index (χ0n) is 14.6. The highest BCUT2D eigenvalue weighted by Gasteiger charge is 2.11. The molecule has 2 aromatic carbocycles. The highest BCUT2D eigenvalue weighted by molar-refractivity contribution is 6.05. The SMILES string of the molecule is CCC(C)NC(=O)c1ccc(C(=O)Nc2ccc(C)c(C)c2)cc1. The van der Waals surface area contributed by atoms with Crippen molar-refractivity contribution in [2.75, 3.05) is 5.32 Å². The Morgan fingerprint density at radius 1 is 0.917 bits per heavy atom. The van der Waals surface area contributed by atoms with Crippen molar-refractivity contribution in [3.63, 3.8) is 0 Å². The van der Waals surface area contributed by atoms with Gasteiger partial charge in [-0.1, -0.05) is 13.0 Å². The van der Waals surface area contributed by atoms with E-state index in [9.17, 15) is 9.59 Å². The first-order valence-corrected chi connectivity index (χ1v) is 8.20. The molecule has 0 bridgehead atoms. The summed E-state index contributed by atoms with van der Waals surface area (Å²) in [6, 6.07) is 12.6. The summed E-state index contributed by atoms with van der Waals surface area (Å²) in [4.78, 5) is 24.3. The van der Waals surface area contributed by atoms with Gasteiger partial charge in [0.25, 0.3) is 11.8 Å². The third kappa shape index (κ3) is 4.44. The van der Waals surface area contributed by atoms with Gasteiger partial charge in [0.05, 0.1) is 0 Å². The van der Waals surface area contributed by atoms with Crippen LogP contribution >= 0.6 is 0 Å². The van der Waals surface area contributed by atoms with E-state index in [1.165, 1.54) is 5.56 Å². The molecule has 2 aromatic rings. The van der Waals surface area contributed by atoms with Crippen LogP contribution < -0.4 is 10.6 Å². The van der Waals surface area contributed by atoms with Gasteiger partial charge in [0, 0.05) is 22.9 Å². The van der Waals surface area contributed by atoms with Crippen molar-refractivity contribution in [3.8, 4) is 0 Å². The quantitative estimate of drug-likeness (QED) is 0.870. The molecule has 0 saturated carbocycles. The number of anilines is 1. The molecule has 1 unspecified atom stereocenters. The Kier molecular flexibility index (Phi) is 5.74. The Bertz CT molecular complexity index is 736. The standard InChI is InChI=1S/C20H24N2O2/c1-5-15(4)21-19(23)16-7-9-17(10-8-16)20(24)22-18-11-6-13(2)14(3)12-18/h6-12,15H,5H2,1-4H3,(H,21,23)(H,22,24). The van der Waals surface area contributed by atoms with Crippen molar-refractivity contribution in [2.45, 2.75) is 40.2 Å². The Labute approximate surface area is 143 Å². The number of amides is 2. The predicted octanol–water partition coefficient (Wildman–Crippen LogP) is 4.08. The first-order valence-electron chi connectivity index (χ1n) is 8.20. The van der Waals surface area contributed by atoms with E-state index < -0.39 is 0 Å². The van der Waals surface area contributed by atoms with E-state index in [4.69, 9.17) is 0 Å². The van der Waals surface area contributed by atoms with Crippen LogP contribution in [0.5, 0.6) is 0 Å². The first kappa shape index (κ1) is 17.7. The van der Waals surface area contributed by atoms with E-state index in [1.54, 1.807) is 24.3 Å². The van der Waals surface area contributed by atoms with Gasteiger partial charge in [0.1, 0.15) is 0 Å². The number of aryl methyl sites for hydroxylation is 2. The highest BCUT2D eigenvalue weighted by atomic mass is 16.2. The number of hydrogen-bond donors (Lipinski definition) is 2. The van der Waals surface area contributed by atoms with Crippen LogP contribution in [0.25, 0.3) is 0 Å². The molecule has 0 heterocycles. The van der Waals surface area contributed by atoms with Crippen LogP contribution in [-0.2, 0) is 0 Å². The summed E-state index contributed by atoms with van der Waals surface area (Å²) in [5.41, 5.74) is 4.16. The summed E-state index contributed by atoms with van der Waals surface area (Å²) in [6.07, 6.45) is 0.877. The van der Waals surface area contributed by atoms with Crippen molar-refractivity contribution in [2.24, 2.45) is 0 Å². The largest absolute Gasteiger partial charge is 0.350 e. The monoisotopic (exact) mass is 324 g/mol. The average molecular weight is 324 g/mol. The van der Waals surface area contributed by atoms with Crippen LogP contribution in [0.2, 0.25) is 0 Å². The fourth-order valence-corrected chi connectivity index (χ4v) is 2.20. The van der Waals surface area contributed by atoms with Gasteiger partial charge >= 0.3 is 0 Å². The maximum absolute atomic E-state index is 12.3. The first-order chi connectivity index (χ1) is 11.4. The van der Waals surface area contributed by atoms with Crippen molar-refractivity contribution in [1.29, 1.82) is 0 Å². The smallest absolute Gasteiger partial charge is 0.255 e. The minimum absolute atomic E-state index is 0.120. The number of benzene rings is 2. The maximum Gasteiger partial charge on any atom is 0.255 e.